The summed E-state index contributed by atoms with van der Waals surface area (Å²) >= 11 is 0. The summed E-state index contributed by atoms with van der Waals surface area (Å²) in [5, 5.41) is 2.77. The molecule has 2 aliphatic rings. The Balaban J connectivity index is 1.93. The molecule has 3 N–H and O–H groups in total. The first-order chi connectivity index (χ1) is 5.75. The van der Waals surface area contributed by atoms with E-state index in [4.69, 9.17) is 5.73 Å². The molecule has 0 aromatic carbocycles. The molecule has 2 heterocycles. The van der Waals surface area contributed by atoms with Crippen LogP contribution in [-0.4, -0.2) is 30.2 Å². The zero-order valence-electron chi connectivity index (χ0n) is 7.12. The van der Waals surface area contributed by atoms with E-state index in [9.17, 15) is 4.79 Å². The van der Waals surface area contributed by atoms with Gasteiger partial charge in [-0.05, 0) is 25.2 Å². The molecule has 2 bridgehead atoms. The predicted molar refractivity (Wildman–Crippen MR) is 45.4 cm³/mol. The fourth-order valence-corrected chi connectivity index (χ4v) is 2.29. The van der Waals surface area contributed by atoms with Crippen LogP contribution in [0.5, 0.6) is 0 Å². The van der Waals surface area contributed by atoms with Crippen molar-refractivity contribution in [2.75, 3.05) is 13.1 Å². The van der Waals surface area contributed by atoms with Gasteiger partial charge < -0.3 is 11.1 Å². The van der Waals surface area contributed by atoms with E-state index in [1.165, 1.54) is 12.8 Å². The molecular formula is C8H15N3O. The van der Waals surface area contributed by atoms with Crippen molar-refractivity contribution in [1.82, 2.24) is 10.2 Å². The normalized spacial score (nSPS) is 39.5. The summed E-state index contributed by atoms with van der Waals surface area (Å²) < 4.78 is 0. The van der Waals surface area contributed by atoms with E-state index in [-0.39, 0.29) is 6.17 Å². The van der Waals surface area contributed by atoms with E-state index in [1.807, 2.05) is 0 Å². The van der Waals surface area contributed by atoms with Gasteiger partial charge in [-0.3, -0.25) is 4.90 Å². The van der Waals surface area contributed by atoms with Gasteiger partial charge in [0.1, 0.15) is 0 Å². The third-order valence-electron chi connectivity index (χ3n) is 2.92. The zero-order valence-corrected chi connectivity index (χ0v) is 7.12. The molecule has 4 nitrogen and oxygen atoms in total. The summed E-state index contributed by atoms with van der Waals surface area (Å²) in [6.45, 7) is 2.26. The number of primary amides is 1. The number of carbonyl (C=O) groups is 1. The van der Waals surface area contributed by atoms with E-state index < -0.39 is 6.03 Å². The zero-order chi connectivity index (χ0) is 8.55. The van der Waals surface area contributed by atoms with Crippen LogP contribution in [-0.2, 0) is 0 Å². The number of piperidine rings is 1. The maximum atomic E-state index is 10.6. The molecule has 0 spiro atoms. The fourth-order valence-electron chi connectivity index (χ4n) is 2.29. The van der Waals surface area contributed by atoms with E-state index in [1.54, 1.807) is 0 Å². The lowest BCUT2D eigenvalue weighted by molar-refractivity contribution is 0.153. The standard InChI is InChI=1S/C8H15N3O/c9-8(12)10-7-2-1-6-3-4-11(7)5-6/h6-7H,1-5H2,(H3,9,10,12). The maximum absolute atomic E-state index is 10.6. The molecule has 2 aliphatic heterocycles. The number of nitrogens with two attached hydrogens (primary N) is 1. The summed E-state index contributed by atoms with van der Waals surface area (Å²) in [7, 11) is 0. The molecule has 2 rings (SSSR count). The molecule has 2 amide bonds. The maximum Gasteiger partial charge on any atom is 0.313 e. The van der Waals surface area contributed by atoms with Crippen LogP contribution in [0.25, 0.3) is 0 Å². The van der Waals surface area contributed by atoms with Crippen molar-refractivity contribution in [2.24, 2.45) is 11.7 Å². The molecule has 0 aromatic rings. The highest BCUT2D eigenvalue weighted by Gasteiger charge is 2.33. The number of carbonyl (C=O) groups excluding carboxylic acids is 1. The number of amides is 2. The van der Waals surface area contributed by atoms with Crippen molar-refractivity contribution < 1.29 is 4.79 Å². The van der Waals surface area contributed by atoms with E-state index >= 15 is 0 Å². The van der Waals surface area contributed by atoms with Gasteiger partial charge in [0.05, 0.1) is 6.17 Å². The van der Waals surface area contributed by atoms with Crippen molar-refractivity contribution in [3.8, 4) is 0 Å². The van der Waals surface area contributed by atoms with Gasteiger partial charge in [-0.1, -0.05) is 0 Å². The second kappa shape index (κ2) is 2.94. The lowest BCUT2D eigenvalue weighted by Crippen LogP contribution is -2.50. The highest BCUT2D eigenvalue weighted by Crippen LogP contribution is 2.29. The van der Waals surface area contributed by atoms with E-state index in [2.05, 4.69) is 10.2 Å². The second-order valence-electron chi connectivity index (χ2n) is 3.75. The Bertz CT molecular complexity index is 195. The SMILES string of the molecule is NC(=O)NC1CCC2CCN1C2. The Morgan fingerprint density at radius 1 is 1.42 bits per heavy atom. The Morgan fingerprint density at radius 2 is 2.25 bits per heavy atom. The van der Waals surface area contributed by atoms with Crippen LogP contribution in [0.4, 0.5) is 4.79 Å². The molecule has 0 aliphatic carbocycles. The van der Waals surface area contributed by atoms with Crippen LogP contribution in [0.3, 0.4) is 0 Å². The first-order valence-corrected chi connectivity index (χ1v) is 4.56. The van der Waals surface area contributed by atoms with E-state index in [0.29, 0.717) is 0 Å². The Kier molecular flexibility index (Phi) is 1.92. The molecule has 0 radical (unpaired) electrons. The van der Waals surface area contributed by atoms with Gasteiger partial charge in [-0.2, -0.15) is 0 Å². The van der Waals surface area contributed by atoms with Crippen molar-refractivity contribution in [3.63, 3.8) is 0 Å². The molecule has 3 atom stereocenters. The van der Waals surface area contributed by atoms with E-state index in [0.717, 1.165) is 25.4 Å². The van der Waals surface area contributed by atoms with Gasteiger partial charge in [0.2, 0.25) is 0 Å². The van der Waals surface area contributed by atoms with Crippen molar-refractivity contribution in [1.29, 1.82) is 0 Å². The minimum Gasteiger partial charge on any atom is -0.352 e. The van der Waals surface area contributed by atoms with Crippen LogP contribution >= 0.6 is 0 Å². The monoisotopic (exact) mass is 169 g/mol. The predicted octanol–water partition coefficient (Wildman–Crippen LogP) is 0.0965. The summed E-state index contributed by atoms with van der Waals surface area (Å²) in [4.78, 5) is 12.9. The third kappa shape index (κ3) is 1.39. The number of nitrogens with one attached hydrogen (secondary N) is 1. The Morgan fingerprint density at radius 3 is 3.00 bits per heavy atom. The highest BCUT2D eigenvalue weighted by molar-refractivity contribution is 5.71. The number of hydrogen-bond acceptors (Lipinski definition) is 2. The van der Waals surface area contributed by atoms with Gasteiger partial charge in [0.25, 0.3) is 0 Å². The topological polar surface area (TPSA) is 58.4 Å². The van der Waals surface area contributed by atoms with Crippen LogP contribution < -0.4 is 11.1 Å². The second-order valence-corrected chi connectivity index (χ2v) is 3.75. The number of urea groups is 1. The average molecular weight is 169 g/mol. The Labute approximate surface area is 72.1 Å². The lowest BCUT2D eigenvalue weighted by atomic mass is 9.99. The minimum atomic E-state index is -0.398. The summed E-state index contributed by atoms with van der Waals surface area (Å²) in [6, 6.07) is -0.398. The molecule has 2 fully saturated rings. The van der Waals surface area contributed by atoms with Crippen molar-refractivity contribution in [3.05, 3.63) is 0 Å². The first kappa shape index (κ1) is 7.86. The van der Waals surface area contributed by atoms with Gasteiger partial charge >= 0.3 is 6.03 Å². The number of rotatable bonds is 1. The molecular weight excluding hydrogens is 154 g/mol. The quantitative estimate of drug-likeness (QED) is 0.584. The molecule has 2 saturated heterocycles. The molecule has 0 saturated carbocycles. The van der Waals surface area contributed by atoms with Crippen LogP contribution in [0.2, 0.25) is 0 Å². The average Bonchev–Trinajstić information content (AvgIpc) is 2.39. The summed E-state index contributed by atoms with van der Waals surface area (Å²) in [5.74, 6) is 0.871. The van der Waals surface area contributed by atoms with Gasteiger partial charge in [0.15, 0.2) is 0 Å². The van der Waals surface area contributed by atoms with Crippen LogP contribution in [0.1, 0.15) is 19.3 Å². The smallest absolute Gasteiger partial charge is 0.313 e. The number of hydrogen-bond donors (Lipinski definition) is 2. The third-order valence-corrected chi connectivity index (χ3v) is 2.92. The minimum absolute atomic E-state index is 0.209. The Hall–Kier alpha value is -0.770. The summed E-state index contributed by atoms with van der Waals surface area (Å²) in [6.07, 6.45) is 3.80. The summed E-state index contributed by atoms with van der Waals surface area (Å²) in [5.41, 5.74) is 5.08. The highest BCUT2D eigenvalue weighted by atomic mass is 16.2. The molecule has 68 valence electrons. The molecule has 4 heteroatoms. The molecule has 3 unspecified atom stereocenters. The largest absolute Gasteiger partial charge is 0.352 e. The first-order valence-electron chi connectivity index (χ1n) is 4.56. The number of nitrogens with zero attached hydrogens (tertiary/aromatic N) is 1. The fraction of sp³-hybridized carbons (Fsp3) is 0.875. The van der Waals surface area contributed by atoms with Gasteiger partial charge in [-0.25, -0.2) is 4.79 Å². The van der Waals surface area contributed by atoms with Crippen molar-refractivity contribution in [2.45, 2.75) is 25.4 Å². The molecule has 12 heavy (non-hydrogen) atoms. The lowest BCUT2D eigenvalue weighted by Gasteiger charge is -2.32. The van der Waals surface area contributed by atoms with Crippen LogP contribution in [0, 0.1) is 5.92 Å². The van der Waals surface area contributed by atoms with Crippen molar-refractivity contribution >= 4 is 6.03 Å². The van der Waals surface area contributed by atoms with Crippen LogP contribution in [0.15, 0.2) is 0 Å². The van der Waals surface area contributed by atoms with Gasteiger partial charge in [-0.15, -0.1) is 0 Å². The molecule has 0 aromatic heterocycles. The number of fused-ring (bicyclic) bond motifs is 2. The van der Waals surface area contributed by atoms with Gasteiger partial charge in [0, 0.05) is 13.1 Å².